The fourth-order valence-corrected chi connectivity index (χ4v) is 1.89. The minimum atomic E-state index is -0.394. The smallest absolute Gasteiger partial charge is 0.312 e. The van der Waals surface area contributed by atoms with Crippen molar-refractivity contribution in [1.82, 2.24) is 0 Å². The van der Waals surface area contributed by atoms with Gasteiger partial charge in [-0.15, -0.1) is 9.24 Å². The highest BCUT2D eigenvalue weighted by Gasteiger charge is 2.36. The van der Waals surface area contributed by atoms with Crippen molar-refractivity contribution in [1.29, 1.82) is 0 Å². The Morgan fingerprint density at radius 2 is 1.73 bits per heavy atom. The van der Waals surface area contributed by atoms with Crippen molar-refractivity contribution in [3.8, 4) is 0 Å². The van der Waals surface area contributed by atoms with Gasteiger partial charge in [0.05, 0.1) is 5.41 Å². The van der Waals surface area contributed by atoms with Gasteiger partial charge >= 0.3 is 5.97 Å². The van der Waals surface area contributed by atoms with Crippen LogP contribution in [0.4, 0.5) is 0 Å². The molecule has 2 unspecified atom stereocenters. The summed E-state index contributed by atoms with van der Waals surface area (Å²) in [7, 11) is 2.65. The lowest BCUT2D eigenvalue weighted by molar-refractivity contribution is -0.166. The van der Waals surface area contributed by atoms with Crippen LogP contribution in [-0.2, 0) is 9.53 Å². The lowest BCUT2D eigenvalue weighted by Crippen LogP contribution is -2.37. The van der Waals surface area contributed by atoms with Gasteiger partial charge in [0.25, 0.3) is 0 Å². The Morgan fingerprint density at radius 3 is 2.00 bits per heavy atom. The summed E-state index contributed by atoms with van der Waals surface area (Å²) in [5.41, 5.74) is -0.763. The van der Waals surface area contributed by atoms with Crippen molar-refractivity contribution in [3.63, 3.8) is 0 Å². The fraction of sp³-hybridized carbons (Fsp3) is 0.917. The molecule has 0 fully saturated rings. The SMILES string of the molecule is CC(C)CC(C)(CP)C(=O)OC(C)(C)C. The van der Waals surface area contributed by atoms with Gasteiger partial charge in [0.2, 0.25) is 0 Å². The summed E-state index contributed by atoms with van der Waals surface area (Å²) in [5, 5.41) is 0. The molecule has 2 atom stereocenters. The first-order valence-electron chi connectivity index (χ1n) is 5.54. The number of hydrogen-bond acceptors (Lipinski definition) is 2. The molecule has 0 amide bonds. The minimum Gasteiger partial charge on any atom is -0.460 e. The van der Waals surface area contributed by atoms with Crippen molar-refractivity contribution in [2.24, 2.45) is 11.3 Å². The lowest BCUT2D eigenvalue weighted by atomic mass is 9.83. The maximum atomic E-state index is 12.0. The molecule has 0 aliphatic carbocycles. The standard InChI is InChI=1S/C12H25O2P/c1-9(2)7-12(6,8-15)10(13)14-11(3,4)5/h9H,7-8,15H2,1-6H3. The zero-order chi connectivity index (χ0) is 12.3. The van der Waals surface area contributed by atoms with Gasteiger partial charge < -0.3 is 4.74 Å². The molecule has 0 saturated carbocycles. The number of hydrogen-bond donors (Lipinski definition) is 0. The van der Waals surface area contributed by atoms with E-state index >= 15 is 0 Å². The molecule has 0 N–H and O–H groups in total. The molecule has 0 saturated heterocycles. The first-order valence-corrected chi connectivity index (χ1v) is 6.36. The monoisotopic (exact) mass is 232 g/mol. The predicted octanol–water partition coefficient (Wildman–Crippen LogP) is 3.26. The van der Waals surface area contributed by atoms with E-state index in [0.717, 1.165) is 12.6 Å². The second-order valence-corrected chi connectivity index (χ2v) is 6.27. The van der Waals surface area contributed by atoms with E-state index in [1.54, 1.807) is 0 Å². The number of esters is 1. The second-order valence-electron chi connectivity index (χ2n) is 5.86. The van der Waals surface area contributed by atoms with Crippen molar-refractivity contribution in [2.45, 2.75) is 53.6 Å². The van der Waals surface area contributed by atoms with Gasteiger partial charge in [-0.2, -0.15) is 0 Å². The molecule has 0 aromatic heterocycles. The summed E-state index contributed by atoms with van der Waals surface area (Å²) in [4.78, 5) is 12.0. The van der Waals surface area contributed by atoms with Gasteiger partial charge in [-0.3, -0.25) is 4.79 Å². The van der Waals surface area contributed by atoms with Crippen molar-refractivity contribution >= 4 is 15.2 Å². The zero-order valence-corrected chi connectivity index (χ0v) is 12.0. The van der Waals surface area contributed by atoms with E-state index in [0.29, 0.717) is 5.92 Å². The summed E-state index contributed by atoms with van der Waals surface area (Å²) in [6.07, 6.45) is 1.62. The second kappa shape index (κ2) is 5.30. The van der Waals surface area contributed by atoms with E-state index < -0.39 is 5.60 Å². The minimum absolute atomic E-state index is 0.0845. The highest BCUT2D eigenvalue weighted by Crippen LogP contribution is 2.31. The van der Waals surface area contributed by atoms with E-state index in [9.17, 15) is 4.79 Å². The van der Waals surface area contributed by atoms with Crippen LogP contribution in [0.2, 0.25) is 0 Å². The highest BCUT2D eigenvalue weighted by atomic mass is 31.0. The van der Waals surface area contributed by atoms with Crippen LogP contribution in [0.1, 0.15) is 48.0 Å². The molecule has 0 aromatic rings. The molecule has 0 heterocycles. The van der Waals surface area contributed by atoms with Crippen LogP contribution in [0.25, 0.3) is 0 Å². The topological polar surface area (TPSA) is 26.3 Å². The first kappa shape index (κ1) is 14.9. The number of ether oxygens (including phenoxy) is 1. The maximum absolute atomic E-state index is 12.0. The molecule has 3 heteroatoms. The Labute approximate surface area is 96.4 Å². The number of carbonyl (C=O) groups is 1. The Balaban J connectivity index is 4.59. The third-order valence-electron chi connectivity index (χ3n) is 2.20. The summed E-state index contributed by atoms with van der Waals surface area (Å²) >= 11 is 0. The lowest BCUT2D eigenvalue weighted by Gasteiger charge is -2.31. The third-order valence-corrected chi connectivity index (χ3v) is 3.10. The van der Waals surface area contributed by atoms with E-state index in [-0.39, 0.29) is 11.4 Å². The van der Waals surface area contributed by atoms with Gasteiger partial charge in [0, 0.05) is 0 Å². The van der Waals surface area contributed by atoms with Crippen LogP contribution in [0, 0.1) is 11.3 Å². The van der Waals surface area contributed by atoms with Gasteiger partial charge in [-0.25, -0.2) is 0 Å². The molecule has 0 bridgehead atoms. The summed E-state index contributed by atoms with van der Waals surface area (Å²) in [5.74, 6) is 0.418. The van der Waals surface area contributed by atoms with Crippen LogP contribution < -0.4 is 0 Å². The van der Waals surface area contributed by atoms with E-state index in [2.05, 4.69) is 23.1 Å². The van der Waals surface area contributed by atoms with Crippen molar-refractivity contribution < 1.29 is 9.53 Å². The normalized spacial score (nSPS) is 16.3. The zero-order valence-electron chi connectivity index (χ0n) is 10.9. The maximum Gasteiger partial charge on any atom is 0.312 e. The van der Waals surface area contributed by atoms with E-state index in [4.69, 9.17) is 4.74 Å². The molecule has 2 nitrogen and oxygen atoms in total. The number of rotatable bonds is 4. The summed E-state index contributed by atoms with van der Waals surface area (Å²) in [6, 6.07) is 0. The van der Waals surface area contributed by atoms with Crippen LogP contribution in [0.5, 0.6) is 0 Å². The molecule has 0 aliphatic heterocycles. The Morgan fingerprint density at radius 1 is 1.27 bits per heavy atom. The van der Waals surface area contributed by atoms with Crippen LogP contribution >= 0.6 is 9.24 Å². The van der Waals surface area contributed by atoms with Crippen molar-refractivity contribution in [2.75, 3.05) is 6.16 Å². The molecule has 0 spiro atoms. The predicted molar refractivity (Wildman–Crippen MR) is 68.0 cm³/mol. The molecular formula is C12H25O2P. The Kier molecular flexibility index (Phi) is 5.26. The summed E-state index contributed by atoms with van der Waals surface area (Å²) in [6.45, 7) is 12.0. The van der Waals surface area contributed by atoms with Crippen LogP contribution in [-0.4, -0.2) is 17.7 Å². The largest absolute Gasteiger partial charge is 0.460 e. The molecule has 0 aromatic carbocycles. The van der Waals surface area contributed by atoms with Gasteiger partial charge in [-0.1, -0.05) is 13.8 Å². The molecule has 0 radical (unpaired) electrons. The molecule has 0 rings (SSSR count). The summed E-state index contributed by atoms with van der Waals surface area (Å²) < 4.78 is 5.44. The fourth-order valence-electron chi connectivity index (χ4n) is 1.55. The van der Waals surface area contributed by atoms with Gasteiger partial charge in [0.15, 0.2) is 0 Å². The van der Waals surface area contributed by atoms with Crippen molar-refractivity contribution in [3.05, 3.63) is 0 Å². The third kappa shape index (κ3) is 5.51. The molecule has 90 valence electrons. The Bertz CT molecular complexity index is 218. The quantitative estimate of drug-likeness (QED) is 0.549. The van der Waals surface area contributed by atoms with E-state index in [1.807, 2.05) is 27.7 Å². The average Bonchev–Trinajstić information content (AvgIpc) is 1.99. The highest BCUT2D eigenvalue weighted by molar-refractivity contribution is 7.16. The van der Waals surface area contributed by atoms with E-state index in [1.165, 1.54) is 0 Å². The first-order chi connectivity index (χ1) is 6.60. The van der Waals surface area contributed by atoms with Gasteiger partial charge in [0.1, 0.15) is 5.60 Å². The average molecular weight is 232 g/mol. The molecule has 0 aliphatic rings. The Hall–Kier alpha value is -0.100. The van der Waals surface area contributed by atoms with Gasteiger partial charge in [-0.05, 0) is 46.2 Å². The number of carbonyl (C=O) groups excluding carboxylic acids is 1. The van der Waals surface area contributed by atoms with Crippen LogP contribution in [0.3, 0.4) is 0 Å². The molecule has 15 heavy (non-hydrogen) atoms. The van der Waals surface area contributed by atoms with Crippen LogP contribution in [0.15, 0.2) is 0 Å². The molecular weight excluding hydrogens is 207 g/mol.